The van der Waals surface area contributed by atoms with Gasteiger partial charge in [-0.2, -0.15) is 8.78 Å². The summed E-state index contributed by atoms with van der Waals surface area (Å²) in [7, 11) is 0. The van der Waals surface area contributed by atoms with E-state index in [2.05, 4.69) is 22.8 Å². The number of hydrogen-bond acceptors (Lipinski definition) is 5. The van der Waals surface area contributed by atoms with Gasteiger partial charge < -0.3 is 21.3 Å². The lowest BCUT2D eigenvalue weighted by molar-refractivity contribution is -0.138. The summed E-state index contributed by atoms with van der Waals surface area (Å²) in [6.45, 7) is 1.82. The van der Waals surface area contributed by atoms with E-state index in [4.69, 9.17) is 11.1 Å². The number of thiophene rings is 1. The zero-order valence-electron chi connectivity index (χ0n) is 24.6. The summed E-state index contributed by atoms with van der Waals surface area (Å²) in [4.78, 5) is 42.6. The third-order valence-corrected chi connectivity index (χ3v) is 9.83. The molecule has 0 radical (unpaired) electrons. The quantitative estimate of drug-likeness (QED) is 0.200. The van der Waals surface area contributed by atoms with Crippen LogP contribution >= 0.6 is 11.3 Å². The molecule has 3 atom stereocenters. The SMILES string of the molecule is C[C@@H](NC(=O)[C@@H]1C[C@@H](C2=CCCC=C2)CN1C(=O)CNC(=O)c1ccc2c(c1)-c1ccccc1C2(F)F)c1cc(C(=N)N)cs1. The van der Waals surface area contributed by atoms with E-state index in [-0.39, 0.29) is 52.5 Å². The van der Waals surface area contributed by atoms with Crippen molar-refractivity contribution < 1.29 is 23.2 Å². The van der Waals surface area contributed by atoms with Crippen LogP contribution in [0.3, 0.4) is 0 Å². The third-order valence-electron chi connectivity index (χ3n) is 8.71. The summed E-state index contributed by atoms with van der Waals surface area (Å²) in [5.74, 6) is -4.52. The normalized spacial score (nSPS) is 20.2. The number of hydrogen-bond donors (Lipinski definition) is 4. The fourth-order valence-electron chi connectivity index (χ4n) is 6.32. The molecule has 11 heteroatoms. The van der Waals surface area contributed by atoms with Crippen molar-refractivity contribution in [2.24, 2.45) is 11.7 Å². The van der Waals surface area contributed by atoms with Crippen molar-refractivity contribution in [1.82, 2.24) is 15.5 Å². The van der Waals surface area contributed by atoms with Crippen LogP contribution in [0.1, 0.15) is 64.2 Å². The molecule has 1 aromatic heterocycles. The fourth-order valence-corrected chi connectivity index (χ4v) is 7.23. The van der Waals surface area contributed by atoms with Gasteiger partial charge in [-0.25, -0.2) is 0 Å². The number of nitrogens with zero attached hydrogens (tertiary/aromatic N) is 1. The van der Waals surface area contributed by atoms with E-state index in [0.717, 1.165) is 23.3 Å². The zero-order valence-corrected chi connectivity index (χ0v) is 25.4. The van der Waals surface area contributed by atoms with E-state index in [0.29, 0.717) is 24.1 Å². The minimum atomic E-state index is -3.15. The molecule has 45 heavy (non-hydrogen) atoms. The van der Waals surface area contributed by atoms with E-state index in [9.17, 15) is 23.2 Å². The Bertz CT molecular complexity index is 1760. The molecule has 3 aliphatic rings. The summed E-state index contributed by atoms with van der Waals surface area (Å²) in [5, 5.41) is 15.1. The molecule has 2 heterocycles. The molecule has 0 unspecified atom stereocenters. The lowest BCUT2D eigenvalue weighted by Crippen LogP contribution is -2.49. The number of amides is 3. The number of allylic oxidation sites excluding steroid dienone is 3. The first kappa shape index (κ1) is 30.4. The van der Waals surface area contributed by atoms with Crippen LogP contribution in [0.2, 0.25) is 0 Å². The maximum absolute atomic E-state index is 15.0. The molecule has 2 aromatic carbocycles. The van der Waals surface area contributed by atoms with Gasteiger partial charge in [0.05, 0.1) is 12.6 Å². The van der Waals surface area contributed by atoms with Gasteiger partial charge in [-0.05, 0) is 61.1 Å². The number of fused-ring (bicyclic) bond motifs is 3. The predicted octanol–water partition coefficient (Wildman–Crippen LogP) is 5.25. The summed E-state index contributed by atoms with van der Waals surface area (Å²) >= 11 is 1.39. The highest BCUT2D eigenvalue weighted by Crippen LogP contribution is 2.51. The number of alkyl halides is 2. The number of amidine groups is 1. The molecule has 2 aliphatic carbocycles. The van der Waals surface area contributed by atoms with Gasteiger partial charge in [-0.15, -0.1) is 11.3 Å². The molecule has 6 rings (SSSR count). The van der Waals surface area contributed by atoms with Crippen LogP contribution in [0.4, 0.5) is 8.78 Å². The highest BCUT2D eigenvalue weighted by Gasteiger charge is 2.44. The molecule has 0 spiro atoms. The monoisotopic (exact) mass is 629 g/mol. The summed E-state index contributed by atoms with van der Waals surface area (Å²) in [5.41, 5.74) is 7.84. The standard InChI is InChI=1S/C34H33F2N5O3S/c1-19(29-15-23(18-45-29)31(37)38)40-33(44)28-14-22(20-7-3-2-4-8-20)17-41(28)30(42)16-39-32(43)21-11-12-27-25(13-21)24-9-5-6-10-26(24)34(27,35)36/h3,5-13,15,18-19,22,28H,2,4,14,16-17H2,1H3,(H3,37,38)(H,39,43)(H,40,44)/t19-,22-,28+/m1/s1. The molecule has 8 nitrogen and oxygen atoms in total. The topological polar surface area (TPSA) is 128 Å². The third kappa shape index (κ3) is 5.80. The number of rotatable bonds is 8. The molecular formula is C34H33F2N5O3S. The van der Waals surface area contributed by atoms with Crippen LogP contribution in [-0.2, 0) is 15.5 Å². The molecular weight excluding hydrogens is 596 g/mol. The van der Waals surface area contributed by atoms with E-state index >= 15 is 0 Å². The van der Waals surface area contributed by atoms with Crippen LogP contribution in [0.5, 0.6) is 0 Å². The van der Waals surface area contributed by atoms with Crippen LogP contribution in [0.15, 0.2) is 77.7 Å². The van der Waals surface area contributed by atoms with E-state index in [1.165, 1.54) is 40.5 Å². The van der Waals surface area contributed by atoms with Gasteiger partial charge in [0, 0.05) is 45.0 Å². The first-order valence-corrected chi connectivity index (χ1v) is 15.7. The van der Waals surface area contributed by atoms with Crippen molar-refractivity contribution in [1.29, 1.82) is 5.41 Å². The second kappa shape index (κ2) is 12.0. The van der Waals surface area contributed by atoms with Crippen LogP contribution in [0, 0.1) is 11.3 Å². The number of halogens is 2. The average Bonchev–Trinajstić information content (AvgIpc) is 3.77. The number of nitrogens with one attached hydrogen (secondary N) is 3. The van der Waals surface area contributed by atoms with Crippen LogP contribution in [-0.4, -0.2) is 47.6 Å². The second-order valence-electron chi connectivity index (χ2n) is 11.6. The number of likely N-dealkylation sites (tertiary alicyclic amines) is 1. The Morgan fingerprint density at radius 3 is 2.60 bits per heavy atom. The van der Waals surface area contributed by atoms with Gasteiger partial charge in [0.2, 0.25) is 11.8 Å². The van der Waals surface area contributed by atoms with Gasteiger partial charge in [-0.1, -0.05) is 48.6 Å². The van der Waals surface area contributed by atoms with E-state index in [1.54, 1.807) is 29.6 Å². The zero-order chi connectivity index (χ0) is 31.9. The fraction of sp³-hybridized carbons (Fsp3) is 0.294. The first-order chi connectivity index (χ1) is 21.5. The number of carbonyl (C=O) groups excluding carboxylic acids is 3. The van der Waals surface area contributed by atoms with Gasteiger partial charge in [0.15, 0.2) is 0 Å². The molecule has 232 valence electrons. The Hall–Kier alpha value is -4.64. The highest BCUT2D eigenvalue weighted by molar-refractivity contribution is 7.10. The number of nitrogen functional groups attached to an aromatic ring is 1. The van der Waals surface area contributed by atoms with Crippen LogP contribution < -0.4 is 16.4 Å². The largest absolute Gasteiger partial charge is 0.384 e. The van der Waals surface area contributed by atoms with Crippen molar-refractivity contribution in [2.75, 3.05) is 13.1 Å². The maximum Gasteiger partial charge on any atom is 0.299 e. The van der Waals surface area contributed by atoms with E-state index < -0.39 is 23.8 Å². The summed E-state index contributed by atoms with van der Waals surface area (Å²) in [6, 6.07) is 10.9. The minimum absolute atomic E-state index is 0.0308. The van der Waals surface area contributed by atoms with Gasteiger partial charge in [-0.3, -0.25) is 19.8 Å². The van der Waals surface area contributed by atoms with Crippen LogP contribution in [0.25, 0.3) is 11.1 Å². The number of carbonyl (C=O) groups is 3. The maximum atomic E-state index is 15.0. The Balaban J connectivity index is 1.16. The van der Waals surface area contributed by atoms with Gasteiger partial charge >= 0.3 is 0 Å². The lowest BCUT2D eigenvalue weighted by Gasteiger charge is -2.25. The van der Waals surface area contributed by atoms with Crippen molar-refractivity contribution in [2.45, 2.75) is 44.2 Å². The van der Waals surface area contributed by atoms with Crippen molar-refractivity contribution in [3.05, 3.63) is 105 Å². The first-order valence-electron chi connectivity index (χ1n) is 14.8. The Morgan fingerprint density at radius 2 is 1.87 bits per heavy atom. The Morgan fingerprint density at radius 1 is 1.09 bits per heavy atom. The Kier molecular flexibility index (Phi) is 8.13. The molecule has 3 amide bonds. The Labute approximate surface area is 263 Å². The molecule has 1 aliphatic heterocycles. The lowest BCUT2D eigenvalue weighted by atomic mass is 9.92. The second-order valence-corrected chi connectivity index (χ2v) is 12.6. The molecule has 3 aromatic rings. The minimum Gasteiger partial charge on any atom is -0.384 e. The van der Waals surface area contributed by atoms with Gasteiger partial charge in [0.1, 0.15) is 11.9 Å². The van der Waals surface area contributed by atoms with Crippen molar-refractivity contribution in [3.8, 4) is 11.1 Å². The average molecular weight is 630 g/mol. The molecule has 5 N–H and O–H groups in total. The predicted molar refractivity (Wildman–Crippen MR) is 169 cm³/mol. The van der Waals surface area contributed by atoms with Crippen molar-refractivity contribution >= 4 is 34.9 Å². The smallest absolute Gasteiger partial charge is 0.299 e. The molecule has 1 fully saturated rings. The number of nitrogens with two attached hydrogens (primary N) is 1. The molecule has 0 saturated carbocycles. The highest BCUT2D eigenvalue weighted by atomic mass is 32.1. The molecule has 0 bridgehead atoms. The van der Waals surface area contributed by atoms with Gasteiger partial charge in [0.25, 0.3) is 11.8 Å². The van der Waals surface area contributed by atoms with Crippen molar-refractivity contribution in [3.63, 3.8) is 0 Å². The summed E-state index contributed by atoms with van der Waals surface area (Å²) < 4.78 is 29.9. The van der Waals surface area contributed by atoms with E-state index in [1.807, 2.05) is 13.0 Å². The summed E-state index contributed by atoms with van der Waals surface area (Å²) in [6.07, 6.45) is 8.56. The molecule has 1 saturated heterocycles. The number of benzene rings is 2.